The van der Waals surface area contributed by atoms with Gasteiger partial charge in [-0.3, -0.25) is 0 Å². The molecule has 0 aliphatic carbocycles. The van der Waals surface area contributed by atoms with E-state index in [0.29, 0.717) is 0 Å². The normalized spacial score (nSPS) is 11.2. The molecule has 0 aliphatic heterocycles. The number of aromatic nitrogens is 1. The van der Waals surface area contributed by atoms with Crippen LogP contribution in [0.15, 0.2) is 30.9 Å². The number of carboxylic acid groups (broad SMARTS) is 1. The predicted octanol–water partition coefficient (Wildman–Crippen LogP) is 1.46. The second-order valence-electron chi connectivity index (χ2n) is 3.91. The second kappa shape index (κ2) is 7.78. The van der Waals surface area contributed by atoms with Gasteiger partial charge in [-0.1, -0.05) is 18.7 Å². The van der Waals surface area contributed by atoms with Crippen LogP contribution in [-0.4, -0.2) is 41.4 Å². The molecule has 1 rings (SSSR count). The Labute approximate surface area is 116 Å². The van der Waals surface area contributed by atoms with E-state index in [9.17, 15) is 9.59 Å². The van der Waals surface area contributed by atoms with E-state index >= 15 is 0 Å². The van der Waals surface area contributed by atoms with Gasteiger partial charge in [-0.25, -0.2) is 14.6 Å². The number of amides is 1. The van der Waals surface area contributed by atoms with Crippen LogP contribution in [0.4, 0.5) is 4.79 Å². The van der Waals surface area contributed by atoms with Gasteiger partial charge in [0.2, 0.25) is 5.88 Å². The maximum atomic E-state index is 11.2. The highest BCUT2D eigenvalue weighted by molar-refractivity contribution is 5.85. The zero-order valence-electron chi connectivity index (χ0n) is 11.0. The number of ether oxygens (including phenoxy) is 2. The number of carbonyl (C=O) groups excluding carboxylic acids is 1. The summed E-state index contributed by atoms with van der Waals surface area (Å²) in [7, 11) is 0. The van der Waals surface area contributed by atoms with E-state index in [1.807, 2.05) is 0 Å². The van der Waals surface area contributed by atoms with Gasteiger partial charge in [0.1, 0.15) is 13.2 Å². The van der Waals surface area contributed by atoms with E-state index in [1.165, 1.54) is 24.3 Å². The van der Waals surface area contributed by atoms with Crippen LogP contribution < -0.4 is 10.1 Å². The van der Waals surface area contributed by atoms with Crippen molar-refractivity contribution in [3.63, 3.8) is 0 Å². The summed E-state index contributed by atoms with van der Waals surface area (Å²) in [5, 5.41) is 11.3. The summed E-state index contributed by atoms with van der Waals surface area (Å²) in [4.78, 5) is 25.8. The lowest BCUT2D eigenvalue weighted by atomic mass is 10.3. The monoisotopic (exact) mass is 280 g/mol. The summed E-state index contributed by atoms with van der Waals surface area (Å²) in [6, 6.07) is 4.11. The van der Waals surface area contributed by atoms with E-state index in [1.54, 1.807) is 6.92 Å². The molecule has 108 valence electrons. The molecular formula is C13H16N2O5. The molecule has 0 aliphatic rings. The average molecular weight is 280 g/mol. The van der Waals surface area contributed by atoms with Gasteiger partial charge in [-0.15, -0.1) is 0 Å². The van der Waals surface area contributed by atoms with Crippen LogP contribution >= 0.6 is 0 Å². The summed E-state index contributed by atoms with van der Waals surface area (Å²) in [5.41, 5.74) is -0.103. The number of carboxylic acids is 1. The third-order valence-electron chi connectivity index (χ3n) is 2.12. The van der Waals surface area contributed by atoms with Crippen molar-refractivity contribution in [1.29, 1.82) is 0 Å². The molecule has 0 radical (unpaired) electrons. The predicted molar refractivity (Wildman–Crippen MR) is 70.8 cm³/mol. The standard InChI is InChI=1S/C13H16N2O5/c1-3-7-19-13(18)14-9(2)8-20-11-6-4-5-10(15-11)12(16)17/h3-6,9H,1,7-8H2,2H3,(H,14,18)(H,16,17)/t9-/m0/s1. The Bertz CT molecular complexity index is 489. The van der Waals surface area contributed by atoms with Gasteiger partial charge >= 0.3 is 12.1 Å². The zero-order valence-corrected chi connectivity index (χ0v) is 11.0. The Kier molecular flexibility index (Phi) is 6.02. The summed E-state index contributed by atoms with van der Waals surface area (Å²) >= 11 is 0. The first kappa shape index (κ1) is 15.5. The van der Waals surface area contributed by atoms with E-state index in [0.717, 1.165) is 0 Å². The van der Waals surface area contributed by atoms with Gasteiger partial charge in [0.05, 0.1) is 6.04 Å². The molecule has 0 saturated carbocycles. The molecule has 0 bridgehead atoms. The van der Waals surface area contributed by atoms with Gasteiger partial charge in [0, 0.05) is 6.07 Å². The number of pyridine rings is 1. The molecule has 7 nitrogen and oxygen atoms in total. The van der Waals surface area contributed by atoms with Gasteiger partial charge in [-0.05, 0) is 13.0 Å². The Morgan fingerprint density at radius 2 is 2.30 bits per heavy atom. The molecule has 0 spiro atoms. The number of aromatic carboxylic acids is 1. The lowest BCUT2D eigenvalue weighted by molar-refractivity contribution is 0.0689. The first-order chi connectivity index (χ1) is 9.52. The van der Waals surface area contributed by atoms with Crippen LogP contribution in [0.3, 0.4) is 0 Å². The van der Waals surface area contributed by atoms with Gasteiger partial charge in [0.25, 0.3) is 0 Å². The molecule has 2 N–H and O–H groups in total. The molecular weight excluding hydrogens is 264 g/mol. The van der Waals surface area contributed by atoms with Crippen LogP contribution in [-0.2, 0) is 4.74 Å². The molecule has 0 aromatic carbocycles. The number of nitrogens with zero attached hydrogens (tertiary/aromatic N) is 1. The smallest absolute Gasteiger partial charge is 0.407 e. The third-order valence-corrected chi connectivity index (χ3v) is 2.12. The highest BCUT2D eigenvalue weighted by Gasteiger charge is 2.10. The molecule has 1 heterocycles. The van der Waals surface area contributed by atoms with Crippen LogP contribution in [0, 0.1) is 0 Å². The third kappa shape index (κ3) is 5.38. The maximum absolute atomic E-state index is 11.2. The van der Waals surface area contributed by atoms with E-state index in [-0.39, 0.29) is 30.8 Å². The van der Waals surface area contributed by atoms with Crippen molar-refractivity contribution in [1.82, 2.24) is 10.3 Å². The second-order valence-corrected chi connectivity index (χ2v) is 3.91. The molecule has 7 heteroatoms. The topological polar surface area (TPSA) is 97.8 Å². The van der Waals surface area contributed by atoms with Crippen molar-refractivity contribution in [3.05, 3.63) is 36.5 Å². The largest absolute Gasteiger partial charge is 0.477 e. The lowest BCUT2D eigenvalue weighted by Crippen LogP contribution is -2.37. The van der Waals surface area contributed by atoms with Gasteiger partial charge in [-0.2, -0.15) is 0 Å². The number of rotatable bonds is 7. The van der Waals surface area contributed by atoms with Crippen LogP contribution in [0.5, 0.6) is 5.88 Å². The number of nitrogens with one attached hydrogen (secondary N) is 1. The van der Waals surface area contributed by atoms with Gasteiger partial charge in [0.15, 0.2) is 5.69 Å². The molecule has 1 atom stereocenters. The Hall–Kier alpha value is -2.57. The first-order valence-electron chi connectivity index (χ1n) is 5.90. The molecule has 1 amide bonds. The number of alkyl carbamates (subject to hydrolysis) is 1. The van der Waals surface area contributed by atoms with Crippen molar-refractivity contribution < 1.29 is 24.2 Å². The number of hydrogen-bond donors (Lipinski definition) is 2. The van der Waals surface area contributed by atoms with Crippen LogP contribution in [0.25, 0.3) is 0 Å². The minimum Gasteiger partial charge on any atom is -0.477 e. The SMILES string of the molecule is C=CCOC(=O)N[C@@H](C)COc1cccc(C(=O)O)n1. The van der Waals surface area contributed by atoms with Crippen LogP contribution in [0.2, 0.25) is 0 Å². The summed E-state index contributed by atoms with van der Waals surface area (Å²) in [6.07, 6.45) is 0.885. The molecule has 0 unspecified atom stereocenters. The van der Waals surface area contributed by atoms with Crippen molar-refractivity contribution in [2.24, 2.45) is 0 Å². The summed E-state index contributed by atoms with van der Waals surface area (Å²) in [6.45, 7) is 5.41. The average Bonchev–Trinajstić information content (AvgIpc) is 2.43. The van der Waals surface area contributed by atoms with Crippen molar-refractivity contribution >= 4 is 12.1 Å². The molecule has 1 aromatic heterocycles. The molecule has 20 heavy (non-hydrogen) atoms. The highest BCUT2D eigenvalue weighted by Crippen LogP contribution is 2.07. The minimum atomic E-state index is -1.13. The van der Waals surface area contributed by atoms with E-state index < -0.39 is 12.1 Å². The van der Waals surface area contributed by atoms with Crippen molar-refractivity contribution in [2.75, 3.05) is 13.2 Å². The zero-order chi connectivity index (χ0) is 15.0. The number of carbonyl (C=O) groups is 2. The molecule has 1 aromatic rings. The van der Waals surface area contributed by atoms with Crippen molar-refractivity contribution in [2.45, 2.75) is 13.0 Å². The lowest BCUT2D eigenvalue weighted by Gasteiger charge is -2.14. The summed E-state index contributed by atoms with van der Waals surface area (Å²) < 4.78 is 10.0. The Morgan fingerprint density at radius 3 is 2.95 bits per heavy atom. The fourth-order valence-corrected chi connectivity index (χ4v) is 1.24. The summed E-state index contributed by atoms with van der Waals surface area (Å²) in [5.74, 6) is -0.951. The van der Waals surface area contributed by atoms with E-state index in [2.05, 4.69) is 16.9 Å². The quantitative estimate of drug-likeness (QED) is 0.734. The van der Waals surface area contributed by atoms with E-state index in [4.69, 9.17) is 14.6 Å². The van der Waals surface area contributed by atoms with Gasteiger partial charge < -0.3 is 19.9 Å². The number of hydrogen-bond acceptors (Lipinski definition) is 5. The molecule has 0 saturated heterocycles. The fourth-order valence-electron chi connectivity index (χ4n) is 1.24. The first-order valence-corrected chi connectivity index (χ1v) is 5.90. The van der Waals surface area contributed by atoms with Crippen molar-refractivity contribution in [3.8, 4) is 5.88 Å². The Balaban J connectivity index is 2.42. The fraction of sp³-hybridized carbons (Fsp3) is 0.308. The Morgan fingerprint density at radius 1 is 1.55 bits per heavy atom. The highest BCUT2D eigenvalue weighted by atomic mass is 16.5. The maximum Gasteiger partial charge on any atom is 0.407 e. The van der Waals surface area contributed by atoms with Crippen LogP contribution in [0.1, 0.15) is 17.4 Å². The minimum absolute atomic E-state index is 0.103. The molecule has 0 fully saturated rings.